The van der Waals surface area contributed by atoms with Gasteiger partial charge in [0.1, 0.15) is 11.8 Å². The molecule has 1 unspecified atom stereocenters. The molecule has 2 aromatic heterocycles. The fourth-order valence-corrected chi connectivity index (χ4v) is 4.58. The van der Waals surface area contributed by atoms with Crippen molar-refractivity contribution in [1.82, 2.24) is 18.8 Å². The number of amides is 1. The van der Waals surface area contributed by atoms with Gasteiger partial charge in [-0.05, 0) is 36.4 Å². The summed E-state index contributed by atoms with van der Waals surface area (Å²) >= 11 is 0. The maximum Gasteiger partial charge on any atom is 0.244 e. The average molecular weight is 430 g/mol. The van der Waals surface area contributed by atoms with Gasteiger partial charge >= 0.3 is 0 Å². The van der Waals surface area contributed by atoms with Crippen LogP contribution in [0.25, 0.3) is 0 Å². The van der Waals surface area contributed by atoms with Crippen molar-refractivity contribution < 1.29 is 17.9 Å². The summed E-state index contributed by atoms with van der Waals surface area (Å²) in [5.41, 5.74) is 6.69. The highest BCUT2D eigenvalue weighted by atomic mass is 32.2. The van der Waals surface area contributed by atoms with Crippen molar-refractivity contribution in [2.24, 2.45) is 12.8 Å². The molecule has 0 bridgehead atoms. The number of nitrogens with zero attached hydrogens (tertiary/aromatic N) is 4. The zero-order valence-corrected chi connectivity index (χ0v) is 17.5. The smallest absolute Gasteiger partial charge is 0.244 e. The number of pyridine rings is 1. The van der Waals surface area contributed by atoms with Crippen molar-refractivity contribution in [2.45, 2.75) is 23.9 Å². The van der Waals surface area contributed by atoms with Crippen LogP contribution >= 0.6 is 0 Å². The molecule has 0 saturated heterocycles. The van der Waals surface area contributed by atoms with Gasteiger partial charge < -0.3 is 15.0 Å². The van der Waals surface area contributed by atoms with Gasteiger partial charge in [0.2, 0.25) is 15.9 Å². The molecule has 0 saturated carbocycles. The van der Waals surface area contributed by atoms with Gasteiger partial charge in [-0.1, -0.05) is 6.07 Å². The highest BCUT2D eigenvalue weighted by molar-refractivity contribution is 7.89. The normalized spacial score (nSPS) is 12.6. The van der Waals surface area contributed by atoms with E-state index in [-0.39, 0.29) is 17.9 Å². The molecule has 1 atom stereocenters. The molecule has 0 radical (unpaired) electrons. The van der Waals surface area contributed by atoms with Crippen molar-refractivity contribution in [1.29, 1.82) is 0 Å². The standard InChI is InChI=1S/C20H23N5O4S/c1-24-12-16(23-14-24)11-19(20(21)26)25(13-15-5-3-4-10-22-15)30(27,28)18-8-6-17(29-2)7-9-18/h3-10,12,14,19H,11,13H2,1-2H3,(H2,21,26). The summed E-state index contributed by atoms with van der Waals surface area (Å²) in [6.45, 7) is -0.115. The van der Waals surface area contributed by atoms with E-state index < -0.39 is 22.0 Å². The minimum atomic E-state index is -4.08. The van der Waals surface area contributed by atoms with Crippen molar-refractivity contribution in [2.75, 3.05) is 7.11 Å². The summed E-state index contributed by atoms with van der Waals surface area (Å²) in [5.74, 6) is -0.251. The maximum atomic E-state index is 13.5. The molecular formula is C20H23N5O4S. The third kappa shape index (κ3) is 4.84. The average Bonchev–Trinajstić information content (AvgIpc) is 3.16. The van der Waals surface area contributed by atoms with Gasteiger partial charge in [-0.25, -0.2) is 13.4 Å². The van der Waals surface area contributed by atoms with Crippen molar-refractivity contribution in [3.8, 4) is 5.75 Å². The Morgan fingerprint density at radius 2 is 1.90 bits per heavy atom. The van der Waals surface area contributed by atoms with E-state index in [4.69, 9.17) is 10.5 Å². The topological polar surface area (TPSA) is 120 Å². The number of methoxy groups -OCH3 is 1. The number of ether oxygens (including phenoxy) is 1. The zero-order valence-electron chi connectivity index (χ0n) is 16.7. The second kappa shape index (κ2) is 9.06. The Labute approximate surface area is 175 Å². The van der Waals surface area contributed by atoms with Crippen LogP contribution in [0.15, 0.2) is 66.1 Å². The van der Waals surface area contributed by atoms with Crippen LogP contribution in [0.5, 0.6) is 5.75 Å². The van der Waals surface area contributed by atoms with Gasteiger partial charge in [0, 0.05) is 25.9 Å². The first-order valence-corrected chi connectivity index (χ1v) is 10.6. The van der Waals surface area contributed by atoms with E-state index in [1.165, 1.54) is 19.2 Å². The minimum Gasteiger partial charge on any atom is -0.497 e. The molecule has 2 heterocycles. The summed E-state index contributed by atoms with van der Waals surface area (Å²) < 4.78 is 34.9. The van der Waals surface area contributed by atoms with E-state index in [2.05, 4.69) is 9.97 Å². The van der Waals surface area contributed by atoms with E-state index in [1.54, 1.807) is 60.7 Å². The second-order valence-corrected chi connectivity index (χ2v) is 8.59. The molecule has 2 N–H and O–H groups in total. The van der Waals surface area contributed by atoms with Gasteiger partial charge in [-0.3, -0.25) is 9.78 Å². The summed E-state index contributed by atoms with van der Waals surface area (Å²) in [6.07, 6.45) is 4.90. The van der Waals surface area contributed by atoms with E-state index in [0.29, 0.717) is 17.1 Å². The SMILES string of the molecule is COc1ccc(S(=O)(=O)N(Cc2ccccn2)C(Cc2cn(C)cn2)C(N)=O)cc1. The van der Waals surface area contributed by atoms with Crippen LogP contribution in [0.3, 0.4) is 0 Å². The monoisotopic (exact) mass is 429 g/mol. The molecule has 10 heteroatoms. The van der Waals surface area contributed by atoms with Crippen LogP contribution in [-0.4, -0.2) is 46.3 Å². The molecule has 0 aliphatic carbocycles. The van der Waals surface area contributed by atoms with Crippen molar-refractivity contribution in [3.63, 3.8) is 0 Å². The minimum absolute atomic E-state index is 0.0199. The fraction of sp³-hybridized carbons (Fsp3) is 0.250. The summed E-state index contributed by atoms with van der Waals surface area (Å²) in [4.78, 5) is 20.8. The predicted octanol–water partition coefficient (Wildman–Crippen LogP) is 1.11. The summed E-state index contributed by atoms with van der Waals surface area (Å²) in [5, 5.41) is 0. The molecule has 0 fully saturated rings. The first kappa shape index (κ1) is 21.5. The number of primary amides is 1. The van der Waals surface area contributed by atoms with Gasteiger partial charge in [0.25, 0.3) is 0 Å². The largest absolute Gasteiger partial charge is 0.497 e. The molecular weight excluding hydrogens is 406 g/mol. The van der Waals surface area contributed by atoms with Crippen LogP contribution in [0.4, 0.5) is 0 Å². The number of nitrogens with two attached hydrogens (primary N) is 1. The lowest BCUT2D eigenvalue weighted by Crippen LogP contribution is -2.48. The summed E-state index contributed by atoms with van der Waals surface area (Å²) in [7, 11) is -0.799. The second-order valence-electron chi connectivity index (χ2n) is 6.70. The molecule has 0 aliphatic heterocycles. The van der Waals surface area contributed by atoms with E-state index in [0.717, 1.165) is 4.31 Å². The van der Waals surface area contributed by atoms with Crippen LogP contribution in [0.1, 0.15) is 11.4 Å². The number of carbonyl (C=O) groups excluding carboxylic acids is 1. The highest BCUT2D eigenvalue weighted by Crippen LogP contribution is 2.24. The zero-order chi connectivity index (χ0) is 21.7. The fourth-order valence-electron chi connectivity index (χ4n) is 3.01. The third-order valence-electron chi connectivity index (χ3n) is 4.55. The lowest BCUT2D eigenvalue weighted by Gasteiger charge is -2.28. The van der Waals surface area contributed by atoms with Crippen LogP contribution in [0.2, 0.25) is 0 Å². The van der Waals surface area contributed by atoms with Gasteiger partial charge in [-0.2, -0.15) is 4.31 Å². The van der Waals surface area contributed by atoms with E-state index >= 15 is 0 Å². The van der Waals surface area contributed by atoms with E-state index in [1.807, 2.05) is 0 Å². The maximum absolute atomic E-state index is 13.5. The Hall–Kier alpha value is -3.24. The molecule has 3 rings (SSSR count). The Morgan fingerprint density at radius 3 is 2.43 bits per heavy atom. The number of carbonyl (C=O) groups is 1. The Kier molecular flexibility index (Phi) is 6.48. The van der Waals surface area contributed by atoms with Gasteiger partial charge in [0.05, 0.1) is 36.3 Å². The number of aryl methyl sites for hydroxylation is 1. The predicted molar refractivity (Wildman–Crippen MR) is 110 cm³/mol. The molecule has 1 aromatic carbocycles. The van der Waals surface area contributed by atoms with Crippen LogP contribution < -0.4 is 10.5 Å². The highest BCUT2D eigenvalue weighted by Gasteiger charge is 2.36. The quantitative estimate of drug-likeness (QED) is 0.544. The lowest BCUT2D eigenvalue weighted by molar-refractivity contribution is -0.121. The molecule has 1 amide bonds. The molecule has 3 aromatic rings. The number of benzene rings is 1. The molecule has 0 aliphatic rings. The number of rotatable bonds is 9. The van der Waals surface area contributed by atoms with Gasteiger partial charge in [-0.15, -0.1) is 0 Å². The molecule has 158 valence electrons. The number of imidazole rings is 1. The van der Waals surface area contributed by atoms with Crippen LogP contribution in [-0.2, 0) is 34.8 Å². The van der Waals surface area contributed by atoms with Crippen molar-refractivity contribution >= 4 is 15.9 Å². The van der Waals surface area contributed by atoms with Crippen molar-refractivity contribution in [3.05, 3.63) is 72.6 Å². The number of aromatic nitrogens is 3. The Morgan fingerprint density at radius 1 is 1.17 bits per heavy atom. The Balaban J connectivity index is 2.03. The van der Waals surface area contributed by atoms with E-state index in [9.17, 15) is 13.2 Å². The number of hydrogen-bond donors (Lipinski definition) is 1. The van der Waals surface area contributed by atoms with Crippen LogP contribution in [0, 0.1) is 0 Å². The third-order valence-corrected chi connectivity index (χ3v) is 6.42. The van der Waals surface area contributed by atoms with Gasteiger partial charge in [0.15, 0.2) is 0 Å². The molecule has 30 heavy (non-hydrogen) atoms. The number of hydrogen-bond acceptors (Lipinski definition) is 6. The Bertz CT molecular complexity index is 1100. The summed E-state index contributed by atoms with van der Waals surface area (Å²) in [6, 6.07) is 9.97. The molecule has 9 nitrogen and oxygen atoms in total. The first-order valence-electron chi connectivity index (χ1n) is 9.13. The molecule has 0 spiro atoms. The first-order chi connectivity index (χ1) is 14.3. The lowest BCUT2D eigenvalue weighted by atomic mass is 10.1. The number of sulfonamides is 1.